The lowest BCUT2D eigenvalue weighted by atomic mass is 9.76. The fourth-order valence-electron chi connectivity index (χ4n) is 3.23. The second-order valence-electron chi connectivity index (χ2n) is 6.23. The summed E-state index contributed by atoms with van der Waals surface area (Å²) in [6.45, 7) is 1.55. The Bertz CT molecular complexity index is 517. The Kier molecular flexibility index (Phi) is 6.59. The number of ether oxygens (including phenoxy) is 1. The minimum absolute atomic E-state index is 0.0632. The van der Waals surface area contributed by atoms with Crippen LogP contribution >= 0.6 is 11.3 Å². The summed E-state index contributed by atoms with van der Waals surface area (Å²) in [4.78, 5) is 26.0. The molecule has 1 saturated heterocycles. The average molecular weight is 339 g/mol. The van der Waals surface area contributed by atoms with Crippen molar-refractivity contribution in [3.8, 4) is 0 Å². The molecule has 0 saturated carbocycles. The molecular formula is C17H25NO4S. The van der Waals surface area contributed by atoms with Gasteiger partial charge in [-0.25, -0.2) is 0 Å². The molecule has 0 radical (unpaired) electrons. The molecule has 1 aliphatic rings. The Labute approximate surface area is 141 Å². The first kappa shape index (κ1) is 17.9. The van der Waals surface area contributed by atoms with Crippen LogP contribution in [-0.4, -0.2) is 48.7 Å². The number of carbonyl (C=O) groups excluding carboxylic acids is 1. The van der Waals surface area contributed by atoms with Gasteiger partial charge in [-0.3, -0.25) is 9.59 Å². The molecule has 0 bridgehead atoms. The number of aryl methyl sites for hydroxylation is 1. The zero-order valence-corrected chi connectivity index (χ0v) is 14.4. The molecule has 2 rings (SSSR count). The van der Waals surface area contributed by atoms with Crippen LogP contribution in [0.4, 0.5) is 0 Å². The summed E-state index contributed by atoms with van der Waals surface area (Å²) in [6.07, 6.45) is 3.83. The first-order chi connectivity index (χ1) is 11.1. The van der Waals surface area contributed by atoms with E-state index in [-0.39, 0.29) is 5.91 Å². The van der Waals surface area contributed by atoms with Gasteiger partial charge in [-0.15, -0.1) is 0 Å². The summed E-state index contributed by atoms with van der Waals surface area (Å²) in [5, 5.41) is 13.7. The quantitative estimate of drug-likeness (QED) is 0.740. The molecule has 0 aromatic carbocycles. The highest BCUT2D eigenvalue weighted by molar-refractivity contribution is 7.07. The molecule has 1 atom stereocenters. The van der Waals surface area contributed by atoms with E-state index in [1.165, 1.54) is 5.56 Å². The fourth-order valence-corrected chi connectivity index (χ4v) is 3.93. The van der Waals surface area contributed by atoms with Gasteiger partial charge in [-0.05, 0) is 54.5 Å². The topological polar surface area (TPSA) is 66.8 Å². The predicted octanol–water partition coefficient (Wildman–Crippen LogP) is 2.80. The number of likely N-dealkylation sites (tertiary alicyclic amines) is 1. The zero-order valence-electron chi connectivity index (χ0n) is 13.6. The van der Waals surface area contributed by atoms with Crippen LogP contribution in [0.3, 0.4) is 0 Å². The van der Waals surface area contributed by atoms with E-state index in [0.29, 0.717) is 45.4 Å². The molecule has 1 fully saturated rings. The number of hydrogen-bond donors (Lipinski definition) is 1. The van der Waals surface area contributed by atoms with Gasteiger partial charge < -0.3 is 14.7 Å². The normalized spacial score (nSPS) is 21.3. The van der Waals surface area contributed by atoms with Gasteiger partial charge in [0.1, 0.15) is 0 Å². The van der Waals surface area contributed by atoms with Crippen molar-refractivity contribution in [2.24, 2.45) is 5.41 Å². The van der Waals surface area contributed by atoms with Crippen molar-refractivity contribution in [3.63, 3.8) is 0 Å². The fraction of sp³-hybridized carbons (Fsp3) is 0.647. The Morgan fingerprint density at radius 2 is 2.30 bits per heavy atom. The van der Waals surface area contributed by atoms with Crippen LogP contribution in [0.1, 0.15) is 37.7 Å². The summed E-state index contributed by atoms with van der Waals surface area (Å²) < 4.78 is 5.04. The summed E-state index contributed by atoms with van der Waals surface area (Å²) in [5.41, 5.74) is 0.361. The van der Waals surface area contributed by atoms with Gasteiger partial charge in [0.2, 0.25) is 5.91 Å². The Morgan fingerprint density at radius 3 is 2.96 bits per heavy atom. The highest BCUT2D eigenvalue weighted by Crippen LogP contribution is 2.35. The maximum absolute atomic E-state index is 12.4. The highest BCUT2D eigenvalue weighted by atomic mass is 32.1. The lowest BCUT2D eigenvalue weighted by molar-refractivity contribution is -0.155. The van der Waals surface area contributed by atoms with Crippen LogP contribution in [0.15, 0.2) is 16.8 Å². The van der Waals surface area contributed by atoms with Crippen molar-refractivity contribution in [2.75, 3.05) is 26.8 Å². The van der Waals surface area contributed by atoms with Crippen molar-refractivity contribution >= 4 is 23.2 Å². The molecule has 23 heavy (non-hydrogen) atoms. The third kappa shape index (κ3) is 4.78. The van der Waals surface area contributed by atoms with Gasteiger partial charge in [0.25, 0.3) is 0 Å². The van der Waals surface area contributed by atoms with Crippen molar-refractivity contribution in [1.29, 1.82) is 0 Å². The van der Waals surface area contributed by atoms with Crippen LogP contribution in [0.5, 0.6) is 0 Å². The van der Waals surface area contributed by atoms with Crippen LogP contribution in [0.25, 0.3) is 0 Å². The monoisotopic (exact) mass is 339 g/mol. The van der Waals surface area contributed by atoms with Crippen LogP contribution in [0.2, 0.25) is 0 Å². The number of amides is 1. The molecule has 0 aliphatic carbocycles. The molecule has 0 spiro atoms. The third-order valence-electron chi connectivity index (χ3n) is 4.59. The zero-order chi connectivity index (χ0) is 16.7. The van der Waals surface area contributed by atoms with Crippen molar-refractivity contribution in [1.82, 2.24) is 4.90 Å². The molecule has 1 aromatic heterocycles. The summed E-state index contributed by atoms with van der Waals surface area (Å²) in [5.74, 6) is -0.725. The lowest BCUT2D eigenvalue weighted by Crippen LogP contribution is -2.50. The molecule has 1 aliphatic heterocycles. The Hall–Kier alpha value is -1.40. The molecule has 1 aromatic rings. The van der Waals surface area contributed by atoms with Gasteiger partial charge in [0.15, 0.2) is 0 Å². The maximum Gasteiger partial charge on any atom is 0.311 e. The number of carboxylic acids is 1. The second-order valence-corrected chi connectivity index (χ2v) is 7.01. The van der Waals surface area contributed by atoms with Gasteiger partial charge in [-0.2, -0.15) is 11.3 Å². The van der Waals surface area contributed by atoms with Crippen LogP contribution < -0.4 is 0 Å². The van der Waals surface area contributed by atoms with Crippen LogP contribution in [0, 0.1) is 5.41 Å². The summed E-state index contributed by atoms with van der Waals surface area (Å²) in [6, 6.07) is 2.03. The molecule has 2 heterocycles. The number of hydrogen-bond acceptors (Lipinski definition) is 4. The van der Waals surface area contributed by atoms with Gasteiger partial charge >= 0.3 is 5.97 Å². The maximum atomic E-state index is 12.4. The molecule has 5 nitrogen and oxygen atoms in total. The second kappa shape index (κ2) is 8.45. The molecule has 6 heteroatoms. The van der Waals surface area contributed by atoms with E-state index < -0.39 is 11.4 Å². The number of carbonyl (C=O) groups is 2. The highest BCUT2D eigenvalue weighted by Gasteiger charge is 2.42. The minimum Gasteiger partial charge on any atom is -0.481 e. The van der Waals surface area contributed by atoms with E-state index in [2.05, 4.69) is 5.38 Å². The molecule has 128 valence electrons. The van der Waals surface area contributed by atoms with Gasteiger partial charge in [0, 0.05) is 33.2 Å². The van der Waals surface area contributed by atoms with Gasteiger partial charge in [0.05, 0.1) is 5.41 Å². The average Bonchev–Trinajstić information content (AvgIpc) is 3.06. The number of rotatable bonds is 8. The summed E-state index contributed by atoms with van der Waals surface area (Å²) >= 11 is 1.63. The van der Waals surface area contributed by atoms with Crippen molar-refractivity contribution < 1.29 is 19.4 Å². The smallest absolute Gasteiger partial charge is 0.311 e. The third-order valence-corrected chi connectivity index (χ3v) is 5.33. The number of aliphatic carboxylic acids is 1. The Balaban J connectivity index is 1.93. The number of piperidine rings is 1. The summed E-state index contributed by atoms with van der Waals surface area (Å²) in [7, 11) is 1.62. The first-order valence-corrected chi connectivity index (χ1v) is 9.03. The molecule has 0 unspecified atom stereocenters. The number of thiophene rings is 1. The van der Waals surface area contributed by atoms with Crippen LogP contribution in [-0.2, 0) is 20.7 Å². The van der Waals surface area contributed by atoms with E-state index in [4.69, 9.17) is 4.74 Å². The van der Waals surface area contributed by atoms with Gasteiger partial charge in [-0.1, -0.05) is 0 Å². The Morgan fingerprint density at radius 1 is 1.48 bits per heavy atom. The van der Waals surface area contributed by atoms with E-state index in [0.717, 1.165) is 12.8 Å². The number of carboxylic acid groups (broad SMARTS) is 1. The molecular weight excluding hydrogens is 314 g/mol. The van der Waals surface area contributed by atoms with Crippen molar-refractivity contribution in [3.05, 3.63) is 22.4 Å². The first-order valence-electron chi connectivity index (χ1n) is 8.08. The molecule has 1 amide bonds. The van der Waals surface area contributed by atoms with E-state index in [1.54, 1.807) is 23.3 Å². The predicted molar refractivity (Wildman–Crippen MR) is 89.6 cm³/mol. The molecule has 1 N–H and O–H groups in total. The van der Waals surface area contributed by atoms with Crippen molar-refractivity contribution in [2.45, 2.75) is 38.5 Å². The van der Waals surface area contributed by atoms with E-state index in [1.807, 2.05) is 11.4 Å². The SMILES string of the molecule is COCCC[C@@]1(C(=O)O)CCCN(C(=O)CCc2ccsc2)C1. The number of nitrogens with zero attached hydrogens (tertiary/aromatic N) is 1. The van der Waals surface area contributed by atoms with E-state index >= 15 is 0 Å². The van der Waals surface area contributed by atoms with E-state index in [9.17, 15) is 14.7 Å². The largest absolute Gasteiger partial charge is 0.481 e. The number of methoxy groups -OCH3 is 1. The minimum atomic E-state index is -0.811. The standard InChI is InChI=1S/C17H25NO4S/c1-22-10-3-8-17(16(20)21)7-2-9-18(13-17)15(19)5-4-14-6-11-23-12-14/h6,11-12H,2-5,7-10,13H2,1H3,(H,20,21)/t17-/m0/s1. The lowest BCUT2D eigenvalue weighted by Gasteiger charge is -2.40.